The molecule has 0 saturated heterocycles. The minimum Gasteiger partial charge on any atom is -0.488 e. The zero-order valence-electron chi connectivity index (χ0n) is 10.9. The van der Waals surface area contributed by atoms with E-state index in [4.69, 9.17) is 21.4 Å². The maximum Gasteiger partial charge on any atom is 0.307 e. The smallest absolute Gasteiger partial charge is 0.307 e. The van der Waals surface area contributed by atoms with Crippen molar-refractivity contribution in [3.63, 3.8) is 0 Å². The van der Waals surface area contributed by atoms with Crippen LogP contribution in [0.5, 0.6) is 5.75 Å². The van der Waals surface area contributed by atoms with E-state index in [1.165, 1.54) is 0 Å². The standard InChI is InChI=1S/C16H11ClO4/c17-13-3-1-2-10-12(13)8-21-14-5-4-9(7-15(18)19)6-11(14)16(10)20/h1-6H,7-8H2,(H,18,19). The third kappa shape index (κ3) is 2.50. The highest BCUT2D eigenvalue weighted by molar-refractivity contribution is 6.32. The second-order valence-electron chi connectivity index (χ2n) is 4.78. The lowest BCUT2D eigenvalue weighted by molar-refractivity contribution is -0.136. The number of fused-ring (bicyclic) bond motifs is 2. The van der Waals surface area contributed by atoms with Crippen LogP contribution in [0.2, 0.25) is 5.02 Å². The lowest BCUT2D eigenvalue weighted by Crippen LogP contribution is -2.05. The van der Waals surface area contributed by atoms with Crippen molar-refractivity contribution in [1.82, 2.24) is 0 Å². The van der Waals surface area contributed by atoms with Crippen molar-refractivity contribution in [2.45, 2.75) is 13.0 Å². The Morgan fingerprint density at radius 2 is 2.05 bits per heavy atom. The van der Waals surface area contributed by atoms with E-state index in [1.54, 1.807) is 36.4 Å². The molecule has 0 aromatic heterocycles. The lowest BCUT2D eigenvalue weighted by atomic mass is 9.97. The molecule has 0 unspecified atom stereocenters. The Bertz CT molecular complexity index is 752. The maximum atomic E-state index is 12.6. The van der Waals surface area contributed by atoms with E-state index in [9.17, 15) is 9.59 Å². The maximum absolute atomic E-state index is 12.6. The van der Waals surface area contributed by atoms with Gasteiger partial charge in [-0.05, 0) is 23.8 Å². The van der Waals surface area contributed by atoms with Crippen LogP contribution >= 0.6 is 11.6 Å². The molecule has 1 heterocycles. The van der Waals surface area contributed by atoms with Crippen LogP contribution in [-0.4, -0.2) is 16.9 Å². The van der Waals surface area contributed by atoms with Gasteiger partial charge in [-0.1, -0.05) is 29.8 Å². The largest absolute Gasteiger partial charge is 0.488 e. The zero-order chi connectivity index (χ0) is 15.0. The molecule has 4 nitrogen and oxygen atoms in total. The molecule has 0 fully saturated rings. The number of hydrogen-bond donors (Lipinski definition) is 1. The highest BCUT2D eigenvalue weighted by Gasteiger charge is 2.24. The summed E-state index contributed by atoms with van der Waals surface area (Å²) in [6.07, 6.45) is -0.136. The Morgan fingerprint density at radius 3 is 2.81 bits per heavy atom. The minimum atomic E-state index is -0.944. The quantitative estimate of drug-likeness (QED) is 0.926. The Morgan fingerprint density at radius 1 is 1.24 bits per heavy atom. The number of ether oxygens (including phenoxy) is 1. The lowest BCUT2D eigenvalue weighted by Gasteiger charge is -2.07. The number of carboxylic acids is 1. The molecule has 0 radical (unpaired) electrons. The second kappa shape index (κ2) is 5.22. The fourth-order valence-electron chi connectivity index (χ4n) is 2.38. The molecule has 0 saturated carbocycles. The van der Waals surface area contributed by atoms with Crippen molar-refractivity contribution in [2.75, 3.05) is 0 Å². The third-order valence-electron chi connectivity index (χ3n) is 3.38. The van der Waals surface area contributed by atoms with Gasteiger partial charge in [0.15, 0.2) is 5.78 Å². The van der Waals surface area contributed by atoms with E-state index in [-0.39, 0.29) is 18.8 Å². The number of aliphatic carboxylic acids is 1. The number of benzene rings is 2. The van der Waals surface area contributed by atoms with Gasteiger partial charge in [-0.25, -0.2) is 0 Å². The number of carbonyl (C=O) groups is 2. The summed E-state index contributed by atoms with van der Waals surface area (Å²) in [5.41, 5.74) is 2.08. The average molecular weight is 303 g/mol. The number of carboxylic acid groups (broad SMARTS) is 1. The molecule has 3 rings (SSSR count). The number of carbonyl (C=O) groups excluding carboxylic acids is 1. The fourth-order valence-corrected chi connectivity index (χ4v) is 2.61. The highest BCUT2D eigenvalue weighted by Crippen LogP contribution is 2.32. The molecule has 21 heavy (non-hydrogen) atoms. The van der Waals surface area contributed by atoms with Crippen molar-refractivity contribution in [1.29, 1.82) is 0 Å². The molecule has 0 amide bonds. The Hall–Kier alpha value is -2.33. The predicted molar refractivity (Wildman–Crippen MR) is 77.0 cm³/mol. The first-order valence-corrected chi connectivity index (χ1v) is 6.73. The van der Waals surface area contributed by atoms with Crippen LogP contribution < -0.4 is 4.74 Å². The molecule has 106 valence electrons. The molecule has 1 aliphatic rings. The number of halogens is 1. The predicted octanol–water partition coefficient (Wildman–Crippen LogP) is 3.09. The van der Waals surface area contributed by atoms with Gasteiger partial charge >= 0.3 is 5.97 Å². The van der Waals surface area contributed by atoms with E-state index in [2.05, 4.69) is 0 Å². The van der Waals surface area contributed by atoms with Crippen LogP contribution in [0.3, 0.4) is 0 Å². The Kier molecular flexibility index (Phi) is 3.39. The summed E-state index contributed by atoms with van der Waals surface area (Å²) in [6.45, 7) is 0.214. The van der Waals surface area contributed by atoms with E-state index in [1.807, 2.05) is 0 Å². The summed E-state index contributed by atoms with van der Waals surface area (Å²) in [5, 5.41) is 9.34. The highest BCUT2D eigenvalue weighted by atomic mass is 35.5. The molecule has 0 bridgehead atoms. The summed E-state index contributed by atoms with van der Waals surface area (Å²) in [4.78, 5) is 23.4. The van der Waals surface area contributed by atoms with E-state index in [0.29, 0.717) is 33.0 Å². The van der Waals surface area contributed by atoms with Crippen LogP contribution in [-0.2, 0) is 17.8 Å². The third-order valence-corrected chi connectivity index (χ3v) is 3.73. The molecule has 1 aliphatic heterocycles. The van der Waals surface area contributed by atoms with Gasteiger partial charge in [-0.3, -0.25) is 9.59 Å². The van der Waals surface area contributed by atoms with Crippen LogP contribution in [0.25, 0.3) is 0 Å². The van der Waals surface area contributed by atoms with Crippen LogP contribution in [0, 0.1) is 0 Å². The Labute approximate surface area is 125 Å². The minimum absolute atomic E-state index is 0.136. The molecular formula is C16H11ClO4. The van der Waals surface area contributed by atoms with Gasteiger partial charge in [0.2, 0.25) is 0 Å². The van der Waals surface area contributed by atoms with Gasteiger partial charge in [-0.2, -0.15) is 0 Å². The summed E-state index contributed by atoms with van der Waals surface area (Å²) in [6, 6.07) is 9.98. The summed E-state index contributed by atoms with van der Waals surface area (Å²) in [5.74, 6) is -0.700. The molecule has 5 heteroatoms. The van der Waals surface area contributed by atoms with Crippen molar-refractivity contribution in [3.05, 3.63) is 63.7 Å². The van der Waals surface area contributed by atoms with Gasteiger partial charge in [-0.15, -0.1) is 0 Å². The van der Waals surface area contributed by atoms with Crippen molar-refractivity contribution in [3.8, 4) is 5.75 Å². The first kappa shape index (κ1) is 13.6. The first-order chi connectivity index (χ1) is 10.1. The molecule has 0 aliphatic carbocycles. The molecule has 2 aromatic carbocycles. The zero-order valence-corrected chi connectivity index (χ0v) is 11.7. The Balaban J connectivity index is 2.11. The van der Waals surface area contributed by atoms with Gasteiger partial charge < -0.3 is 9.84 Å². The second-order valence-corrected chi connectivity index (χ2v) is 5.19. The van der Waals surface area contributed by atoms with E-state index >= 15 is 0 Å². The number of rotatable bonds is 2. The molecule has 1 N–H and O–H groups in total. The van der Waals surface area contributed by atoms with Crippen LogP contribution in [0.1, 0.15) is 27.0 Å². The van der Waals surface area contributed by atoms with Gasteiger partial charge in [0.1, 0.15) is 12.4 Å². The summed E-state index contributed by atoms with van der Waals surface area (Å²) < 4.78 is 5.63. The van der Waals surface area contributed by atoms with Gasteiger partial charge in [0.25, 0.3) is 0 Å². The number of hydrogen-bond acceptors (Lipinski definition) is 3. The van der Waals surface area contributed by atoms with Crippen LogP contribution in [0.15, 0.2) is 36.4 Å². The van der Waals surface area contributed by atoms with Gasteiger partial charge in [0.05, 0.1) is 12.0 Å². The van der Waals surface area contributed by atoms with E-state index < -0.39 is 5.97 Å². The normalized spacial score (nSPS) is 12.9. The molecule has 0 spiro atoms. The summed E-state index contributed by atoms with van der Waals surface area (Å²) >= 11 is 6.11. The van der Waals surface area contributed by atoms with Crippen molar-refractivity contribution >= 4 is 23.4 Å². The number of ketones is 1. The van der Waals surface area contributed by atoms with Crippen molar-refractivity contribution in [2.24, 2.45) is 0 Å². The van der Waals surface area contributed by atoms with Crippen molar-refractivity contribution < 1.29 is 19.4 Å². The van der Waals surface area contributed by atoms with E-state index in [0.717, 1.165) is 0 Å². The molecular weight excluding hydrogens is 292 g/mol. The topological polar surface area (TPSA) is 63.6 Å². The fraction of sp³-hybridized carbons (Fsp3) is 0.125. The van der Waals surface area contributed by atoms with Gasteiger partial charge in [0, 0.05) is 16.1 Å². The monoisotopic (exact) mass is 302 g/mol. The first-order valence-electron chi connectivity index (χ1n) is 6.36. The SMILES string of the molecule is O=C(O)Cc1ccc2c(c1)C(=O)c1cccc(Cl)c1CO2. The summed E-state index contributed by atoms with van der Waals surface area (Å²) in [7, 11) is 0. The average Bonchev–Trinajstić information content (AvgIpc) is 2.58. The molecule has 0 atom stereocenters. The van der Waals surface area contributed by atoms with Crippen LogP contribution in [0.4, 0.5) is 0 Å². The molecule has 2 aromatic rings.